The molecule has 0 N–H and O–H groups in total. The second-order valence-corrected chi connectivity index (χ2v) is 12.8. The summed E-state index contributed by atoms with van der Waals surface area (Å²) in [6.07, 6.45) is 5.16. The Bertz CT molecular complexity index is 1130. The molecule has 0 aliphatic heterocycles. The van der Waals surface area contributed by atoms with Gasteiger partial charge < -0.3 is 13.8 Å². The summed E-state index contributed by atoms with van der Waals surface area (Å²) in [5.41, 5.74) is -3.32. The first-order valence-corrected chi connectivity index (χ1v) is 15.5. The second-order valence-electron chi connectivity index (χ2n) is 8.90. The first-order chi connectivity index (χ1) is 17.6. The van der Waals surface area contributed by atoms with Crippen LogP contribution in [0.3, 0.4) is 0 Å². The van der Waals surface area contributed by atoms with E-state index in [1.165, 1.54) is 35.7 Å². The molecule has 0 unspecified atom stereocenters. The van der Waals surface area contributed by atoms with Crippen LogP contribution in [0.25, 0.3) is 0 Å². The molecule has 37 heavy (non-hydrogen) atoms. The lowest BCUT2D eigenvalue weighted by atomic mass is 9.89. The molecule has 0 spiro atoms. The van der Waals surface area contributed by atoms with Gasteiger partial charge in [-0.05, 0) is 56.4 Å². The number of hydrogen-bond acceptors (Lipinski definition) is 5. The lowest BCUT2D eigenvalue weighted by molar-refractivity contribution is 0.0571. The second kappa shape index (κ2) is 13.6. The monoisotopic (exact) mass is 577 g/mol. The van der Waals surface area contributed by atoms with Gasteiger partial charge in [-0.15, -0.1) is 0 Å². The summed E-state index contributed by atoms with van der Waals surface area (Å²) in [6, 6.07) is 10.6. The third-order valence-electron chi connectivity index (χ3n) is 6.31. The third-order valence-corrected chi connectivity index (χ3v) is 10.2. The Kier molecular flexibility index (Phi) is 11.1. The van der Waals surface area contributed by atoms with E-state index < -0.39 is 29.6 Å². The number of sulfonamides is 1. The Morgan fingerprint density at radius 1 is 1.05 bits per heavy atom. The molecule has 2 aromatic carbocycles. The number of nitrogens with zero attached hydrogens (tertiary/aromatic N) is 1. The van der Waals surface area contributed by atoms with E-state index in [0.717, 1.165) is 32.1 Å². The summed E-state index contributed by atoms with van der Waals surface area (Å²) in [5.74, 6) is 0.475. The highest BCUT2D eigenvalue weighted by molar-refractivity contribution is 7.89. The van der Waals surface area contributed by atoms with Gasteiger partial charge in [0.15, 0.2) is 0 Å². The number of para-hydroxylation sites is 1. The number of methoxy groups -OCH3 is 1. The number of halogens is 3. The highest BCUT2D eigenvalue weighted by atomic mass is 35.5. The van der Waals surface area contributed by atoms with Crippen molar-refractivity contribution in [3.05, 3.63) is 58.6 Å². The standard InChI is InChI=1S/C26H35ClF2NO5PS/c1-4-34-36(35-5-2)26(28,29)22-16-15-21(17-23(22)27)19-30(18-20-11-7-6-8-12-20)37(31,32)25-14-10-9-13-24(25)33-3/h9-10,13-17,20H,4-8,11-12,18-19H2,1-3H3. The molecule has 0 bridgehead atoms. The van der Waals surface area contributed by atoms with Crippen LogP contribution < -0.4 is 4.74 Å². The maximum Gasteiger partial charge on any atom is 0.341 e. The lowest BCUT2D eigenvalue weighted by Gasteiger charge is -2.30. The lowest BCUT2D eigenvalue weighted by Crippen LogP contribution is -2.36. The van der Waals surface area contributed by atoms with Crippen molar-refractivity contribution in [2.75, 3.05) is 26.9 Å². The minimum atomic E-state index is -3.94. The molecule has 0 amide bonds. The van der Waals surface area contributed by atoms with E-state index in [1.807, 2.05) is 0 Å². The Labute approximate surface area is 225 Å². The van der Waals surface area contributed by atoms with Crippen molar-refractivity contribution in [3.8, 4) is 5.75 Å². The molecule has 1 aliphatic rings. The van der Waals surface area contributed by atoms with Crippen molar-refractivity contribution in [1.82, 2.24) is 4.31 Å². The average molecular weight is 578 g/mol. The van der Waals surface area contributed by atoms with E-state index in [1.54, 1.807) is 32.0 Å². The Morgan fingerprint density at radius 3 is 2.30 bits per heavy atom. The van der Waals surface area contributed by atoms with Crippen molar-refractivity contribution >= 4 is 30.0 Å². The maximum absolute atomic E-state index is 15.2. The first kappa shape index (κ1) is 30.2. The summed E-state index contributed by atoms with van der Waals surface area (Å²) < 4.78 is 75.2. The molecule has 0 atom stereocenters. The fraction of sp³-hybridized carbons (Fsp3) is 0.538. The highest BCUT2D eigenvalue weighted by Gasteiger charge is 2.46. The van der Waals surface area contributed by atoms with Crippen molar-refractivity contribution in [3.63, 3.8) is 0 Å². The third kappa shape index (κ3) is 7.40. The van der Waals surface area contributed by atoms with Gasteiger partial charge in [0.05, 0.1) is 25.3 Å². The zero-order chi connectivity index (χ0) is 27.1. The van der Waals surface area contributed by atoms with Gasteiger partial charge in [0.2, 0.25) is 10.0 Å². The molecule has 1 saturated carbocycles. The molecule has 0 aromatic heterocycles. The van der Waals surface area contributed by atoms with Crippen LogP contribution in [0.4, 0.5) is 8.78 Å². The van der Waals surface area contributed by atoms with Gasteiger partial charge in [0.1, 0.15) is 10.6 Å². The largest absolute Gasteiger partial charge is 0.495 e. The average Bonchev–Trinajstić information content (AvgIpc) is 2.88. The predicted molar refractivity (Wildman–Crippen MR) is 143 cm³/mol. The van der Waals surface area contributed by atoms with Gasteiger partial charge in [-0.2, -0.15) is 13.1 Å². The summed E-state index contributed by atoms with van der Waals surface area (Å²) >= 11 is 6.34. The van der Waals surface area contributed by atoms with Crippen LogP contribution >= 0.6 is 20.0 Å². The van der Waals surface area contributed by atoms with Crippen LogP contribution in [-0.4, -0.2) is 39.6 Å². The van der Waals surface area contributed by atoms with Gasteiger partial charge in [-0.1, -0.05) is 55.1 Å². The van der Waals surface area contributed by atoms with Gasteiger partial charge in [0, 0.05) is 18.7 Å². The number of ether oxygens (including phenoxy) is 1. The highest BCUT2D eigenvalue weighted by Crippen LogP contribution is 2.61. The van der Waals surface area contributed by atoms with Gasteiger partial charge in [0.25, 0.3) is 8.38 Å². The summed E-state index contributed by atoms with van der Waals surface area (Å²) in [5, 5.41) is -0.165. The molecular formula is C26H35ClF2NO5PS. The molecule has 1 fully saturated rings. The fourth-order valence-electron chi connectivity index (χ4n) is 4.51. The van der Waals surface area contributed by atoms with E-state index in [0.29, 0.717) is 12.1 Å². The fourth-order valence-corrected chi connectivity index (χ4v) is 7.82. The van der Waals surface area contributed by atoms with Crippen LogP contribution in [0.5, 0.6) is 5.75 Å². The first-order valence-electron chi connectivity index (χ1n) is 12.5. The van der Waals surface area contributed by atoms with Gasteiger partial charge in [-0.3, -0.25) is 0 Å². The molecule has 2 aromatic rings. The molecular weight excluding hydrogens is 543 g/mol. The van der Waals surface area contributed by atoms with Crippen LogP contribution in [0.2, 0.25) is 5.02 Å². The van der Waals surface area contributed by atoms with Crippen molar-refractivity contribution < 1.29 is 31.0 Å². The molecule has 0 heterocycles. The Hall–Kier alpha value is -1.35. The summed E-state index contributed by atoms with van der Waals surface area (Å²) in [7, 11) is -5.04. The quantitative estimate of drug-likeness (QED) is 0.230. The Morgan fingerprint density at radius 2 is 1.70 bits per heavy atom. The van der Waals surface area contributed by atoms with Crippen LogP contribution in [0.15, 0.2) is 47.4 Å². The van der Waals surface area contributed by atoms with Crippen molar-refractivity contribution in [2.45, 2.75) is 63.1 Å². The van der Waals surface area contributed by atoms with E-state index in [-0.39, 0.29) is 41.3 Å². The smallest absolute Gasteiger partial charge is 0.341 e. The zero-order valence-electron chi connectivity index (χ0n) is 21.5. The molecule has 0 saturated heterocycles. The number of rotatable bonds is 13. The summed E-state index contributed by atoms with van der Waals surface area (Å²) in [4.78, 5) is 0.0710. The zero-order valence-corrected chi connectivity index (χ0v) is 23.9. The molecule has 0 radical (unpaired) electrons. The van der Waals surface area contributed by atoms with Crippen molar-refractivity contribution in [1.29, 1.82) is 0 Å². The molecule has 3 rings (SSSR count). The van der Waals surface area contributed by atoms with Gasteiger partial charge in [-0.25, -0.2) is 8.42 Å². The number of hydrogen-bond donors (Lipinski definition) is 0. The van der Waals surface area contributed by atoms with E-state index in [2.05, 4.69) is 0 Å². The van der Waals surface area contributed by atoms with Crippen LogP contribution in [-0.2, 0) is 31.3 Å². The topological polar surface area (TPSA) is 65.1 Å². The maximum atomic E-state index is 15.2. The minimum Gasteiger partial charge on any atom is -0.495 e. The molecule has 1 aliphatic carbocycles. The van der Waals surface area contributed by atoms with Gasteiger partial charge >= 0.3 is 5.66 Å². The van der Waals surface area contributed by atoms with E-state index in [4.69, 9.17) is 25.4 Å². The normalized spacial score (nSPS) is 15.5. The van der Waals surface area contributed by atoms with E-state index >= 15 is 8.78 Å². The van der Waals surface area contributed by atoms with Crippen molar-refractivity contribution in [2.24, 2.45) is 5.92 Å². The molecule has 6 nitrogen and oxygen atoms in total. The SMILES string of the molecule is CCOP(OCC)C(F)(F)c1ccc(CN(CC2CCCCC2)S(=O)(=O)c2ccccc2OC)cc1Cl. The predicted octanol–water partition coefficient (Wildman–Crippen LogP) is 7.55. The van der Waals surface area contributed by atoms with E-state index in [9.17, 15) is 8.42 Å². The molecule has 11 heteroatoms. The summed E-state index contributed by atoms with van der Waals surface area (Å²) in [6.45, 7) is 3.72. The van der Waals surface area contributed by atoms with Crippen LogP contribution in [0, 0.1) is 5.92 Å². The molecule has 206 valence electrons. The number of benzene rings is 2. The van der Waals surface area contributed by atoms with Crippen LogP contribution in [0.1, 0.15) is 57.1 Å². The Balaban J connectivity index is 1.94. The minimum absolute atomic E-state index is 0.00582. The number of alkyl halides is 2.